The van der Waals surface area contributed by atoms with Gasteiger partial charge in [0.2, 0.25) is 0 Å². The molecule has 0 radical (unpaired) electrons. The fourth-order valence-corrected chi connectivity index (χ4v) is 1.69. The summed E-state index contributed by atoms with van der Waals surface area (Å²) in [6.45, 7) is 1.89. The van der Waals surface area contributed by atoms with Crippen LogP contribution < -0.4 is 10.6 Å². The summed E-state index contributed by atoms with van der Waals surface area (Å²) in [6.07, 6.45) is 3.07. The summed E-state index contributed by atoms with van der Waals surface area (Å²) in [7, 11) is 0. The molecule has 0 saturated heterocycles. The van der Waals surface area contributed by atoms with Crippen LogP contribution in [0.4, 0.5) is 4.79 Å². The highest BCUT2D eigenvalue weighted by Gasteiger charge is 2.21. The summed E-state index contributed by atoms with van der Waals surface area (Å²) in [6, 6.07) is 0.0254. The molecule has 112 valence electrons. The smallest absolute Gasteiger partial charge is 0.326 e. The third-order valence-electron chi connectivity index (χ3n) is 2.68. The average molecular weight is 293 g/mol. The molecular weight excluding hydrogens is 278 g/mol. The van der Waals surface area contributed by atoms with Gasteiger partial charge in [-0.15, -0.1) is 0 Å². The Morgan fingerprint density at radius 2 is 2.33 bits per heavy atom. The second-order valence-corrected chi connectivity index (χ2v) is 4.43. The molecule has 1 atom stereocenters. The summed E-state index contributed by atoms with van der Waals surface area (Å²) in [5.41, 5.74) is 1.32. The zero-order valence-electron chi connectivity index (χ0n) is 11.3. The van der Waals surface area contributed by atoms with E-state index in [1.165, 1.54) is 12.5 Å². The standard InChI is InChI=1S/C12H15N5O4/c1-7-2-9(21-17-7)5-14-12(20)16-10(11(18)19)3-8-4-13-6-15-8/h2,4,6,10H,3,5H2,1H3,(H,13,15)(H,18,19)(H2,14,16,20)/t10-/m1/s1. The highest BCUT2D eigenvalue weighted by molar-refractivity contribution is 5.82. The number of nitrogens with zero attached hydrogens (tertiary/aromatic N) is 2. The van der Waals surface area contributed by atoms with E-state index in [9.17, 15) is 9.59 Å². The molecular formula is C12H15N5O4. The van der Waals surface area contributed by atoms with Crippen LogP contribution in [0, 0.1) is 6.92 Å². The van der Waals surface area contributed by atoms with Gasteiger partial charge in [-0.05, 0) is 6.92 Å². The van der Waals surface area contributed by atoms with E-state index in [-0.39, 0.29) is 13.0 Å². The maximum Gasteiger partial charge on any atom is 0.326 e. The van der Waals surface area contributed by atoms with Gasteiger partial charge >= 0.3 is 12.0 Å². The molecule has 0 spiro atoms. The molecule has 0 aromatic carbocycles. The van der Waals surface area contributed by atoms with Gasteiger partial charge in [0, 0.05) is 24.4 Å². The lowest BCUT2D eigenvalue weighted by molar-refractivity contribution is -0.139. The molecule has 0 aliphatic heterocycles. The summed E-state index contributed by atoms with van der Waals surface area (Å²) in [5, 5.41) is 17.7. The number of carbonyl (C=O) groups is 2. The van der Waals surface area contributed by atoms with Gasteiger partial charge in [0.15, 0.2) is 5.76 Å². The minimum Gasteiger partial charge on any atom is -0.480 e. The van der Waals surface area contributed by atoms with Crippen LogP contribution in [0.25, 0.3) is 0 Å². The number of amides is 2. The first-order valence-corrected chi connectivity index (χ1v) is 6.21. The molecule has 0 bridgehead atoms. The van der Waals surface area contributed by atoms with Crippen molar-refractivity contribution in [3.05, 3.63) is 35.7 Å². The number of aromatic nitrogens is 3. The second kappa shape index (κ2) is 6.55. The Hall–Kier alpha value is -2.84. The van der Waals surface area contributed by atoms with E-state index in [1.54, 1.807) is 13.0 Å². The van der Waals surface area contributed by atoms with E-state index < -0.39 is 18.0 Å². The number of hydrogen-bond acceptors (Lipinski definition) is 5. The zero-order valence-corrected chi connectivity index (χ0v) is 11.3. The van der Waals surface area contributed by atoms with Gasteiger partial charge in [0.1, 0.15) is 6.04 Å². The molecule has 9 heteroatoms. The first kappa shape index (κ1) is 14.6. The van der Waals surface area contributed by atoms with Crippen molar-refractivity contribution < 1.29 is 19.2 Å². The van der Waals surface area contributed by atoms with Crippen LogP contribution in [0.3, 0.4) is 0 Å². The minimum absolute atomic E-state index is 0.115. The van der Waals surface area contributed by atoms with Crippen LogP contribution in [0.15, 0.2) is 23.1 Å². The number of imidazole rings is 1. The Morgan fingerprint density at radius 3 is 2.90 bits per heavy atom. The van der Waals surface area contributed by atoms with Crippen LogP contribution in [0.5, 0.6) is 0 Å². The Labute approximate surface area is 119 Å². The quantitative estimate of drug-likeness (QED) is 0.601. The molecule has 0 fully saturated rings. The van der Waals surface area contributed by atoms with Crippen molar-refractivity contribution >= 4 is 12.0 Å². The lowest BCUT2D eigenvalue weighted by Crippen LogP contribution is -2.46. The van der Waals surface area contributed by atoms with Gasteiger partial charge in [0.25, 0.3) is 0 Å². The third-order valence-corrected chi connectivity index (χ3v) is 2.68. The number of aryl methyl sites for hydroxylation is 1. The normalized spacial score (nSPS) is 11.9. The van der Waals surface area contributed by atoms with Crippen molar-refractivity contribution in [2.24, 2.45) is 0 Å². The predicted octanol–water partition coefficient (Wildman–Crippen LogP) is 0.201. The number of carboxylic acids is 1. The lowest BCUT2D eigenvalue weighted by Gasteiger charge is -2.13. The van der Waals surface area contributed by atoms with E-state index >= 15 is 0 Å². The molecule has 0 aliphatic rings. The Morgan fingerprint density at radius 1 is 1.52 bits per heavy atom. The lowest BCUT2D eigenvalue weighted by atomic mass is 10.2. The number of carboxylic acid groups (broad SMARTS) is 1. The summed E-state index contributed by atoms with van der Waals surface area (Å²) < 4.78 is 4.93. The number of H-pyrrole nitrogens is 1. The first-order chi connectivity index (χ1) is 10.0. The molecule has 4 N–H and O–H groups in total. The molecule has 2 heterocycles. The van der Waals surface area contributed by atoms with Crippen molar-refractivity contribution in [1.82, 2.24) is 25.8 Å². The third kappa shape index (κ3) is 4.34. The molecule has 2 aromatic heterocycles. The van der Waals surface area contributed by atoms with Gasteiger partial charge in [-0.1, -0.05) is 5.16 Å². The molecule has 2 aromatic rings. The number of carbonyl (C=O) groups excluding carboxylic acids is 1. The van der Waals surface area contributed by atoms with Gasteiger partial charge in [-0.2, -0.15) is 0 Å². The molecule has 2 amide bonds. The van der Waals surface area contributed by atoms with Crippen molar-refractivity contribution in [3.8, 4) is 0 Å². The molecule has 9 nitrogen and oxygen atoms in total. The van der Waals surface area contributed by atoms with Crippen molar-refractivity contribution in [2.45, 2.75) is 25.9 Å². The Balaban J connectivity index is 1.84. The molecule has 2 rings (SSSR count). The SMILES string of the molecule is Cc1cc(CNC(=O)N[C@H](Cc2cnc[nH]2)C(=O)O)on1. The van der Waals surface area contributed by atoms with Crippen LogP contribution in [-0.2, 0) is 17.8 Å². The maximum absolute atomic E-state index is 11.7. The Bertz CT molecular complexity index is 607. The summed E-state index contributed by atoms with van der Waals surface area (Å²) in [4.78, 5) is 29.4. The van der Waals surface area contributed by atoms with Gasteiger partial charge < -0.3 is 25.2 Å². The topological polar surface area (TPSA) is 133 Å². The summed E-state index contributed by atoms with van der Waals surface area (Å²) in [5.74, 6) is -0.640. The van der Waals surface area contributed by atoms with Crippen molar-refractivity contribution in [2.75, 3.05) is 0 Å². The highest BCUT2D eigenvalue weighted by Crippen LogP contribution is 2.02. The first-order valence-electron chi connectivity index (χ1n) is 6.21. The van der Waals surface area contributed by atoms with E-state index in [0.29, 0.717) is 17.1 Å². The van der Waals surface area contributed by atoms with Crippen LogP contribution in [-0.4, -0.2) is 38.3 Å². The molecule has 0 saturated carbocycles. The number of urea groups is 1. The predicted molar refractivity (Wildman–Crippen MR) is 70.3 cm³/mol. The van der Waals surface area contributed by atoms with E-state index in [1.807, 2.05) is 0 Å². The number of nitrogens with one attached hydrogen (secondary N) is 3. The van der Waals surface area contributed by atoms with Crippen molar-refractivity contribution in [3.63, 3.8) is 0 Å². The molecule has 0 aliphatic carbocycles. The average Bonchev–Trinajstić information content (AvgIpc) is 3.07. The largest absolute Gasteiger partial charge is 0.480 e. The van der Waals surface area contributed by atoms with Crippen LogP contribution in [0.1, 0.15) is 17.1 Å². The molecule has 0 unspecified atom stereocenters. The van der Waals surface area contributed by atoms with E-state index in [4.69, 9.17) is 9.63 Å². The number of rotatable bonds is 6. The van der Waals surface area contributed by atoms with Gasteiger partial charge in [0.05, 0.1) is 18.6 Å². The van der Waals surface area contributed by atoms with E-state index in [2.05, 4.69) is 25.8 Å². The Kier molecular flexibility index (Phi) is 4.54. The van der Waals surface area contributed by atoms with Gasteiger partial charge in [-0.3, -0.25) is 0 Å². The fourth-order valence-electron chi connectivity index (χ4n) is 1.69. The maximum atomic E-state index is 11.7. The molecule has 21 heavy (non-hydrogen) atoms. The highest BCUT2D eigenvalue weighted by atomic mass is 16.5. The number of hydrogen-bond donors (Lipinski definition) is 4. The second-order valence-electron chi connectivity index (χ2n) is 4.43. The minimum atomic E-state index is -1.13. The zero-order chi connectivity index (χ0) is 15.2. The summed E-state index contributed by atoms with van der Waals surface area (Å²) >= 11 is 0. The number of aromatic amines is 1. The fraction of sp³-hybridized carbons (Fsp3) is 0.333. The van der Waals surface area contributed by atoms with Crippen LogP contribution in [0.2, 0.25) is 0 Å². The van der Waals surface area contributed by atoms with Gasteiger partial charge in [-0.25, -0.2) is 14.6 Å². The monoisotopic (exact) mass is 293 g/mol. The van der Waals surface area contributed by atoms with Crippen molar-refractivity contribution in [1.29, 1.82) is 0 Å². The number of aliphatic carboxylic acids is 1. The van der Waals surface area contributed by atoms with Crippen LogP contribution >= 0.6 is 0 Å². The van der Waals surface area contributed by atoms with E-state index in [0.717, 1.165) is 0 Å².